The standard InChI is InChI=1S/C23H25N3O5S/c1-26(2)32(30,31)17-12-8-11-16(20(17)27)24-18-19(22(29)21(18)28)25-23(13-6-7-14-23)15-9-4-3-5-10-15/h3-5,8-12,24-25,27H,6-7,13-14H2,1-2H3. The fraction of sp³-hybridized carbons (Fsp3) is 0.304. The van der Waals surface area contributed by atoms with Crippen LogP contribution in [-0.4, -0.2) is 31.9 Å². The maximum Gasteiger partial charge on any atom is 0.253 e. The normalized spacial score (nSPS) is 15.8. The van der Waals surface area contributed by atoms with E-state index in [1.807, 2.05) is 30.3 Å². The van der Waals surface area contributed by atoms with Gasteiger partial charge in [-0.1, -0.05) is 49.2 Å². The van der Waals surface area contributed by atoms with Crippen LogP contribution in [0.4, 0.5) is 17.1 Å². The maximum atomic E-state index is 12.5. The van der Waals surface area contributed by atoms with Crippen LogP contribution < -0.4 is 21.5 Å². The number of anilines is 3. The highest BCUT2D eigenvalue weighted by atomic mass is 32.2. The van der Waals surface area contributed by atoms with Crippen molar-refractivity contribution in [2.24, 2.45) is 0 Å². The molecule has 8 nitrogen and oxygen atoms in total. The SMILES string of the molecule is CN(C)S(=O)(=O)c1cccc(Nc2c(NC3(c4ccccc4)CCCC3)c(=O)c2=O)c1O. The lowest BCUT2D eigenvalue weighted by Crippen LogP contribution is -2.42. The van der Waals surface area contributed by atoms with Gasteiger partial charge in [0.05, 0.1) is 11.2 Å². The lowest BCUT2D eigenvalue weighted by Gasteiger charge is -2.33. The number of hydrogen-bond acceptors (Lipinski definition) is 7. The van der Waals surface area contributed by atoms with Crippen molar-refractivity contribution in [2.75, 3.05) is 24.7 Å². The first-order valence-corrected chi connectivity index (χ1v) is 11.8. The van der Waals surface area contributed by atoms with E-state index in [0.717, 1.165) is 35.6 Å². The summed E-state index contributed by atoms with van der Waals surface area (Å²) in [6.45, 7) is 0. The van der Waals surface area contributed by atoms with E-state index in [4.69, 9.17) is 0 Å². The van der Waals surface area contributed by atoms with Gasteiger partial charge >= 0.3 is 0 Å². The minimum Gasteiger partial charge on any atom is -0.504 e. The van der Waals surface area contributed by atoms with Crippen molar-refractivity contribution in [1.29, 1.82) is 0 Å². The molecule has 0 unspecified atom stereocenters. The third kappa shape index (κ3) is 3.57. The molecule has 0 spiro atoms. The summed E-state index contributed by atoms with van der Waals surface area (Å²) in [7, 11) is -1.18. The molecule has 3 aromatic rings. The Bertz CT molecular complexity index is 1320. The number of nitrogens with one attached hydrogen (secondary N) is 2. The lowest BCUT2D eigenvalue weighted by molar-refractivity contribution is 0.454. The summed E-state index contributed by atoms with van der Waals surface area (Å²) >= 11 is 0. The zero-order valence-corrected chi connectivity index (χ0v) is 18.7. The van der Waals surface area contributed by atoms with Crippen molar-refractivity contribution in [3.8, 4) is 5.75 Å². The Hall–Kier alpha value is -3.17. The minimum atomic E-state index is -3.90. The first-order chi connectivity index (χ1) is 15.2. The number of phenolic OH excluding ortho intramolecular Hbond substituents is 1. The summed E-state index contributed by atoms with van der Waals surface area (Å²) in [5.74, 6) is -0.515. The Morgan fingerprint density at radius 3 is 2.16 bits per heavy atom. The first kappa shape index (κ1) is 22.0. The summed E-state index contributed by atoms with van der Waals surface area (Å²) < 4.78 is 25.9. The van der Waals surface area contributed by atoms with Gasteiger partial charge in [0, 0.05) is 14.1 Å². The van der Waals surface area contributed by atoms with E-state index in [-0.39, 0.29) is 22.0 Å². The van der Waals surface area contributed by atoms with Crippen molar-refractivity contribution >= 4 is 27.1 Å². The number of phenols is 1. The topological polar surface area (TPSA) is 116 Å². The third-order valence-corrected chi connectivity index (χ3v) is 7.92. The molecule has 0 atom stereocenters. The Labute approximate surface area is 186 Å². The summed E-state index contributed by atoms with van der Waals surface area (Å²) in [5, 5.41) is 16.7. The quantitative estimate of drug-likeness (QED) is 0.371. The second kappa shape index (κ2) is 8.07. The van der Waals surface area contributed by atoms with Gasteiger partial charge in [-0.05, 0) is 30.5 Å². The predicted molar refractivity (Wildman–Crippen MR) is 124 cm³/mol. The molecule has 32 heavy (non-hydrogen) atoms. The molecule has 3 aromatic carbocycles. The van der Waals surface area contributed by atoms with Crippen LogP contribution in [0.3, 0.4) is 0 Å². The van der Waals surface area contributed by atoms with Gasteiger partial charge in [0.1, 0.15) is 16.3 Å². The second-order valence-corrected chi connectivity index (χ2v) is 10.4. The Morgan fingerprint density at radius 1 is 0.906 bits per heavy atom. The number of hydrogen-bond donors (Lipinski definition) is 3. The van der Waals surface area contributed by atoms with Crippen molar-refractivity contribution in [3.05, 3.63) is 74.5 Å². The predicted octanol–water partition coefficient (Wildman–Crippen LogP) is 2.86. The fourth-order valence-electron chi connectivity index (χ4n) is 4.25. The number of aromatic hydroxyl groups is 1. The average Bonchev–Trinajstić information content (AvgIpc) is 3.27. The minimum absolute atomic E-state index is 0.0203. The zero-order valence-electron chi connectivity index (χ0n) is 17.9. The Balaban J connectivity index is 1.70. The summed E-state index contributed by atoms with van der Waals surface area (Å²) in [6.07, 6.45) is 3.62. The molecule has 1 aliphatic carbocycles. The van der Waals surface area contributed by atoms with Crippen molar-refractivity contribution in [1.82, 2.24) is 4.31 Å². The van der Waals surface area contributed by atoms with Crippen LogP contribution in [0.5, 0.6) is 5.75 Å². The van der Waals surface area contributed by atoms with Gasteiger partial charge in [0.15, 0.2) is 5.75 Å². The smallest absolute Gasteiger partial charge is 0.253 e. The zero-order chi connectivity index (χ0) is 23.1. The highest BCUT2D eigenvalue weighted by Gasteiger charge is 2.38. The van der Waals surface area contributed by atoms with Crippen LogP contribution in [0.2, 0.25) is 0 Å². The Morgan fingerprint density at radius 2 is 1.53 bits per heavy atom. The molecule has 0 saturated heterocycles. The fourth-order valence-corrected chi connectivity index (χ4v) is 5.25. The van der Waals surface area contributed by atoms with Crippen molar-refractivity contribution < 1.29 is 13.5 Å². The van der Waals surface area contributed by atoms with E-state index in [9.17, 15) is 23.1 Å². The molecular weight excluding hydrogens is 430 g/mol. The monoisotopic (exact) mass is 455 g/mol. The molecule has 0 aliphatic heterocycles. The largest absolute Gasteiger partial charge is 0.504 e. The molecular formula is C23H25N3O5S. The average molecular weight is 456 g/mol. The van der Waals surface area contributed by atoms with Gasteiger partial charge in [0.2, 0.25) is 10.0 Å². The molecule has 0 heterocycles. The molecule has 168 valence electrons. The van der Waals surface area contributed by atoms with Gasteiger partial charge < -0.3 is 15.7 Å². The van der Waals surface area contributed by atoms with Gasteiger partial charge in [-0.25, -0.2) is 12.7 Å². The van der Waals surface area contributed by atoms with E-state index in [0.29, 0.717) is 0 Å². The highest BCUT2D eigenvalue weighted by molar-refractivity contribution is 7.89. The number of benzene rings is 2. The lowest BCUT2D eigenvalue weighted by atomic mass is 9.87. The van der Waals surface area contributed by atoms with E-state index in [1.165, 1.54) is 32.3 Å². The first-order valence-electron chi connectivity index (χ1n) is 10.4. The molecule has 0 amide bonds. The summed E-state index contributed by atoms with van der Waals surface area (Å²) in [6, 6.07) is 14.0. The molecule has 9 heteroatoms. The van der Waals surface area contributed by atoms with E-state index in [2.05, 4.69) is 10.6 Å². The number of nitrogens with zero attached hydrogens (tertiary/aromatic N) is 1. The van der Waals surface area contributed by atoms with E-state index < -0.39 is 32.2 Å². The van der Waals surface area contributed by atoms with E-state index >= 15 is 0 Å². The molecule has 0 bridgehead atoms. The maximum absolute atomic E-state index is 12.5. The molecule has 0 radical (unpaired) electrons. The van der Waals surface area contributed by atoms with Crippen molar-refractivity contribution in [3.63, 3.8) is 0 Å². The van der Waals surface area contributed by atoms with Gasteiger partial charge in [-0.2, -0.15) is 0 Å². The van der Waals surface area contributed by atoms with Crippen LogP contribution >= 0.6 is 0 Å². The summed E-state index contributed by atoms with van der Waals surface area (Å²) in [5.41, 5.74) is -0.562. The van der Waals surface area contributed by atoms with Crippen LogP contribution in [0.15, 0.2) is 63.0 Å². The van der Waals surface area contributed by atoms with Crippen LogP contribution in [0.25, 0.3) is 0 Å². The van der Waals surface area contributed by atoms with Crippen LogP contribution in [-0.2, 0) is 15.6 Å². The number of para-hydroxylation sites is 1. The molecule has 1 saturated carbocycles. The van der Waals surface area contributed by atoms with Gasteiger partial charge in [-0.15, -0.1) is 0 Å². The number of sulfonamides is 1. The number of rotatable bonds is 7. The molecule has 4 rings (SSSR count). The van der Waals surface area contributed by atoms with Gasteiger partial charge in [0.25, 0.3) is 10.9 Å². The van der Waals surface area contributed by atoms with Crippen molar-refractivity contribution in [2.45, 2.75) is 36.1 Å². The van der Waals surface area contributed by atoms with E-state index in [1.54, 1.807) is 0 Å². The molecule has 3 N–H and O–H groups in total. The van der Waals surface area contributed by atoms with Gasteiger partial charge in [-0.3, -0.25) is 9.59 Å². The second-order valence-electron chi connectivity index (χ2n) is 8.25. The Kier molecular flexibility index (Phi) is 5.56. The molecule has 1 aliphatic rings. The van der Waals surface area contributed by atoms with Crippen LogP contribution in [0, 0.1) is 0 Å². The summed E-state index contributed by atoms with van der Waals surface area (Å²) in [4.78, 5) is 24.5. The third-order valence-electron chi connectivity index (χ3n) is 6.08. The van der Waals surface area contributed by atoms with Crippen LogP contribution in [0.1, 0.15) is 31.2 Å². The molecule has 1 fully saturated rings. The molecule has 0 aromatic heterocycles. The highest BCUT2D eigenvalue weighted by Crippen LogP contribution is 2.43.